The summed E-state index contributed by atoms with van der Waals surface area (Å²) in [5.74, 6) is -0.252. The van der Waals surface area contributed by atoms with Crippen molar-refractivity contribution >= 4 is 28.3 Å². The molecule has 0 spiro atoms. The third-order valence-electron chi connectivity index (χ3n) is 5.07. The molecule has 0 bridgehead atoms. The highest BCUT2D eigenvalue weighted by Crippen LogP contribution is 2.29. The van der Waals surface area contributed by atoms with Crippen LogP contribution in [0.15, 0.2) is 24.3 Å². The number of hydrogen-bond acceptors (Lipinski definition) is 6. The van der Waals surface area contributed by atoms with Crippen molar-refractivity contribution in [2.24, 2.45) is 5.92 Å². The van der Waals surface area contributed by atoms with Gasteiger partial charge in [-0.15, -0.1) is 10.2 Å². The summed E-state index contributed by atoms with van der Waals surface area (Å²) in [5, 5.41) is 9.31. The first-order chi connectivity index (χ1) is 13.5. The fourth-order valence-electron chi connectivity index (χ4n) is 3.64. The van der Waals surface area contributed by atoms with Crippen LogP contribution in [0.4, 0.5) is 9.52 Å². The first kappa shape index (κ1) is 18.8. The molecule has 0 saturated carbocycles. The van der Waals surface area contributed by atoms with E-state index in [1.807, 2.05) is 6.92 Å². The molecule has 9 heteroatoms. The highest BCUT2D eigenvalue weighted by molar-refractivity contribution is 7.15. The number of hydrogen-bond donors (Lipinski definition) is 0. The number of nitrogens with zero attached hydrogens (tertiary/aromatic N) is 4. The van der Waals surface area contributed by atoms with Gasteiger partial charge >= 0.3 is 0 Å². The Labute approximate surface area is 166 Å². The van der Waals surface area contributed by atoms with E-state index < -0.39 is 0 Å². The van der Waals surface area contributed by atoms with Gasteiger partial charge in [-0.3, -0.25) is 14.5 Å². The van der Waals surface area contributed by atoms with Gasteiger partial charge < -0.3 is 9.64 Å². The number of likely N-dealkylation sites (tertiary alicyclic amines) is 1. The van der Waals surface area contributed by atoms with Crippen LogP contribution < -0.4 is 9.64 Å². The predicted molar refractivity (Wildman–Crippen MR) is 102 cm³/mol. The monoisotopic (exact) mass is 404 g/mol. The maximum absolute atomic E-state index is 13.3. The summed E-state index contributed by atoms with van der Waals surface area (Å²) in [6.45, 7) is 3.33. The summed E-state index contributed by atoms with van der Waals surface area (Å²) >= 11 is 1.35. The molecule has 2 aliphatic rings. The zero-order valence-corrected chi connectivity index (χ0v) is 16.3. The lowest BCUT2D eigenvalue weighted by Crippen LogP contribution is -2.44. The van der Waals surface area contributed by atoms with Crippen molar-refractivity contribution in [3.63, 3.8) is 0 Å². The summed E-state index contributed by atoms with van der Waals surface area (Å²) < 4.78 is 19.1. The standard InChI is InChI=1S/C19H21FN4O3S/c1-12-21-22-19(28-12)24-11-13(9-17(24)25)18(26)23-7-5-15(6-8-23)27-16-4-2-3-14(20)10-16/h2-4,10,13,15H,5-9,11H2,1H3. The Kier molecular flexibility index (Phi) is 5.25. The zero-order chi connectivity index (χ0) is 19.7. The van der Waals surface area contributed by atoms with Gasteiger partial charge in [0, 0.05) is 45.0 Å². The number of benzene rings is 1. The summed E-state index contributed by atoms with van der Waals surface area (Å²) in [6, 6.07) is 6.09. The number of amides is 2. The molecule has 0 radical (unpaired) electrons. The van der Waals surface area contributed by atoms with Gasteiger partial charge in [0.25, 0.3) is 0 Å². The van der Waals surface area contributed by atoms with E-state index >= 15 is 0 Å². The number of aryl methyl sites for hydroxylation is 1. The van der Waals surface area contributed by atoms with Crippen molar-refractivity contribution in [1.82, 2.24) is 15.1 Å². The van der Waals surface area contributed by atoms with Gasteiger partial charge in [-0.05, 0) is 19.1 Å². The minimum absolute atomic E-state index is 0.00120. The van der Waals surface area contributed by atoms with Crippen LogP contribution in [0.25, 0.3) is 0 Å². The van der Waals surface area contributed by atoms with E-state index in [2.05, 4.69) is 10.2 Å². The molecule has 3 heterocycles. The lowest BCUT2D eigenvalue weighted by molar-refractivity contribution is -0.137. The minimum Gasteiger partial charge on any atom is -0.490 e. The van der Waals surface area contributed by atoms with Crippen LogP contribution in [0.1, 0.15) is 24.3 Å². The SMILES string of the molecule is Cc1nnc(N2CC(C(=O)N3CCC(Oc4cccc(F)c4)CC3)CC2=O)s1. The number of carbonyl (C=O) groups is 2. The van der Waals surface area contributed by atoms with E-state index in [0.29, 0.717) is 43.4 Å². The molecule has 1 aromatic heterocycles. The molecule has 2 amide bonds. The molecule has 1 unspecified atom stereocenters. The van der Waals surface area contributed by atoms with Gasteiger partial charge in [-0.1, -0.05) is 17.4 Å². The van der Waals surface area contributed by atoms with Gasteiger partial charge in [0.15, 0.2) is 0 Å². The second-order valence-electron chi connectivity index (χ2n) is 7.11. The van der Waals surface area contributed by atoms with Gasteiger partial charge in [-0.2, -0.15) is 0 Å². The molecule has 28 heavy (non-hydrogen) atoms. The first-order valence-corrected chi connectivity index (χ1v) is 10.1. The Bertz CT molecular complexity index is 882. The Morgan fingerprint density at radius 3 is 2.75 bits per heavy atom. The van der Waals surface area contributed by atoms with Crippen molar-refractivity contribution in [2.75, 3.05) is 24.5 Å². The molecule has 2 aliphatic heterocycles. The zero-order valence-electron chi connectivity index (χ0n) is 15.5. The Morgan fingerprint density at radius 2 is 2.07 bits per heavy atom. The molecule has 2 saturated heterocycles. The normalized spacial score (nSPS) is 20.6. The van der Waals surface area contributed by atoms with Crippen LogP contribution >= 0.6 is 11.3 Å². The highest BCUT2D eigenvalue weighted by Gasteiger charge is 2.39. The van der Waals surface area contributed by atoms with Crippen molar-refractivity contribution in [3.05, 3.63) is 35.1 Å². The maximum Gasteiger partial charge on any atom is 0.229 e. The Balaban J connectivity index is 1.31. The fraction of sp³-hybridized carbons (Fsp3) is 0.474. The summed E-state index contributed by atoms with van der Waals surface area (Å²) in [7, 11) is 0. The van der Waals surface area contributed by atoms with E-state index in [4.69, 9.17) is 4.74 Å². The van der Waals surface area contributed by atoms with E-state index in [0.717, 1.165) is 5.01 Å². The molecule has 4 rings (SSSR count). The number of piperidine rings is 1. The molecule has 148 valence electrons. The van der Waals surface area contributed by atoms with E-state index in [1.165, 1.54) is 23.5 Å². The van der Waals surface area contributed by atoms with Crippen LogP contribution in [-0.2, 0) is 9.59 Å². The first-order valence-electron chi connectivity index (χ1n) is 9.31. The van der Waals surface area contributed by atoms with Gasteiger partial charge in [-0.25, -0.2) is 4.39 Å². The number of aromatic nitrogens is 2. The Morgan fingerprint density at radius 1 is 1.29 bits per heavy atom. The van der Waals surface area contributed by atoms with E-state index in [1.54, 1.807) is 21.9 Å². The van der Waals surface area contributed by atoms with Crippen LogP contribution in [0.5, 0.6) is 5.75 Å². The highest BCUT2D eigenvalue weighted by atomic mass is 32.1. The van der Waals surface area contributed by atoms with Crippen molar-refractivity contribution in [2.45, 2.75) is 32.3 Å². The fourth-order valence-corrected chi connectivity index (χ4v) is 4.35. The van der Waals surface area contributed by atoms with Crippen molar-refractivity contribution < 1.29 is 18.7 Å². The number of anilines is 1. The lowest BCUT2D eigenvalue weighted by atomic mass is 10.0. The minimum atomic E-state index is -0.350. The molecule has 0 N–H and O–H groups in total. The van der Waals surface area contributed by atoms with Gasteiger partial charge in [0.1, 0.15) is 22.7 Å². The third-order valence-corrected chi connectivity index (χ3v) is 5.93. The van der Waals surface area contributed by atoms with E-state index in [9.17, 15) is 14.0 Å². The molecule has 1 atom stereocenters. The second kappa shape index (κ2) is 7.83. The summed E-state index contributed by atoms with van der Waals surface area (Å²) in [6.07, 6.45) is 1.53. The number of rotatable bonds is 4. The lowest BCUT2D eigenvalue weighted by Gasteiger charge is -2.33. The summed E-state index contributed by atoms with van der Waals surface area (Å²) in [5.41, 5.74) is 0. The van der Waals surface area contributed by atoms with Crippen LogP contribution in [-0.4, -0.2) is 52.6 Å². The predicted octanol–water partition coefficient (Wildman–Crippen LogP) is 2.41. The molecule has 2 fully saturated rings. The average Bonchev–Trinajstić information content (AvgIpc) is 3.27. The quantitative estimate of drug-likeness (QED) is 0.782. The number of halogens is 1. The van der Waals surface area contributed by atoms with Crippen LogP contribution in [0, 0.1) is 18.7 Å². The molecule has 0 aliphatic carbocycles. The van der Waals surface area contributed by atoms with Crippen molar-refractivity contribution in [1.29, 1.82) is 0 Å². The third kappa shape index (κ3) is 3.99. The van der Waals surface area contributed by atoms with Crippen molar-refractivity contribution in [3.8, 4) is 5.75 Å². The van der Waals surface area contributed by atoms with Crippen LogP contribution in [0.2, 0.25) is 0 Å². The van der Waals surface area contributed by atoms with E-state index in [-0.39, 0.29) is 36.1 Å². The molecular formula is C19H21FN4O3S. The number of ether oxygens (including phenoxy) is 1. The largest absolute Gasteiger partial charge is 0.490 e. The maximum atomic E-state index is 13.3. The van der Waals surface area contributed by atoms with Gasteiger partial charge in [0.05, 0.1) is 5.92 Å². The smallest absolute Gasteiger partial charge is 0.229 e. The number of carbonyl (C=O) groups excluding carboxylic acids is 2. The average molecular weight is 404 g/mol. The summed E-state index contributed by atoms with van der Waals surface area (Å²) in [4.78, 5) is 28.5. The molecule has 7 nitrogen and oxygen atoms in total. The molecule has 2 aromatic rings. The molecule has 1 aromatic carbocycles. The van der Waals surface area contributed by atoms with Crippen LogP contribution in [0.3, 0.4) is 0 Å². The van der Waals surface area contributed by atoms with Gasteiger partial charge in [0.2, 0.25) is 16.9 Å². The molecular weight excluding hydrogens is 383 g/mol. The topological polar surface area (TPSA) is 75.6 Å². The Hall–Kier alpha value is -2.55. The second-order valence-corrected chi connectivity index (χ2v) is 8.27.